The third-order valence-electron chi connectivity index (χ3n) is 1.99. The van der Waals surface area contributed by atoms with Gasteiger partial charge in [-0.1, -0.05) is 6.07 Å². The lowest BCUT2D eigenvalue weighted by molar-refractivity contribution is 0.457. The van der Waals surface area contributed by atoms with Crippen molar-refractivity contribution >= 4 is 0 Å². The summed E-state index contributed by atoms with van der Waals surface area (Å²) in [4.78, 5) is 4.02. The summed E-state index contributed by atoms with van der Waals surface area (Å²) in [5, 5.41) is 0. The standard InChI is InChI=1S/C12H10FNO/c1-9-8-10(13)5-6-11(9)15-12-4-2-3-7-14-12/h2-8H,1H3. The van der Waals surface area contributed by atoms with Crippen molar-refractivity contribution in [1.29, 1.82) is 0 Å². The molecule has 0 saturated carbocycles. The minimum atomic E-state index is -0.263. The molecule has 0 amide bonds. The highest BCUT2D eigenvalue weighted by Gasteiger charge is 2.02. The third kappa shape index (κ3) is 2.31. The smallest absolute Gasteiger partial charge is 0.219 e. The van der Waals surface area contributed by atoms with E-state index >= 15 is 0 Å². The number of hydrogen-bond donors (Lipinski definition) is 0. The lowest BCUT2D eigenvalue weighted by Gasteiger charge is -2.06. The van der Waals surface area contributed by atoms with Crippen molar-refractivity contribution in [3.8, 4) is 11.6 Å². The highest BCUT2D eigenvalue weighted by molar-refractivity contribution is 5.35. The number of nitrogens with zero attached hydrogens (tertiary/aromatic N) is 1. The summed E-state index contributed by atoms with van der Waals surface area (Å²) in [5.41, 5.74) is 0.751. The molecule has 0 aliphatic rings. The highest BCUT2D eigenvalue weighted by atomic mass is 19.1. The molecule has 0 saturated heterocycles. The average Bonchev–Trinajstić information content (AvgIpc) is 2.24. The number of pyridine rings is 1. The van der Waals surface area contributed by atoms with Gasteiger partial charge in [-0.3, -0.25) is 0 Å². The predicted octanol–water partition coefficient (Wildman–Crippen LogP) is 3.32. The van der Waals surface area contributed by atoms with E-state index in [1.54, 1.807) is 25.3 Å². The van der Waals surface area contributed by atoms with E-state index in [1.807, 2.05) is 12.1 Å². The Morgan fingerprint density at radius 2 is 2.07 bits per heavy atom. The number of aryl methyl sites for hydroxylation is 1. The second-order valence-electron chi connectivity index (χ2n) is 3.18. The zero-order valence-electron chi connectivity index (χ0n) is 8.27. The molecule has 2 rings (SSSR count). The molecule has 76 valence electrons. The van der Waals surface area contributed by atoms with Gasteiger partial charge < -0.3 is 4.74 Å². The van der Waals surface area contributed by atoms with Crippen molar-refractivity contribution in [3.63, 3.8) is 0 Å². The molecule has 0 radical (unpaired) electrons. The van der Waals surface area contributed by atoms with Gasteiger partial charge in [0.1, 0.15) is 11.6 Å². The van der Waals surface area contributed by atoms with Crippen molar-refractivity contribution in [2.24, 2.45) is 0 Å². The molecule has 2 aromatic rings. The maximum absolute atomic E-state index is 12.8. The van der Waals surface area contributed by atoms with E-state index in [2.05, 4.69) is 4.98 Å². The van der Waals surface area contributed by atoms with Crippen LogP contribution in [0.2, 0.25) is 0 Å². The van der Waals surface area contributed by atoms with Crippen LogP contribution in [0.5, 0.6) is 11.6 Å². The van der Waals surface area contributed by atoms with Crippen molar-refractivity contribution in [2.75, 3.05) is 0 Å². The van der Waals surface area contributed by atoms with Crippen molar-refractivity contribution in [3.05, 3.63) is 54.0 Å². The van der Waals surface area contributed by atoms with Crippen LogP contribution in [-0.4, -0.2) is 4.98 Å². The van der Waals surface area contributed by atoms with Crippen LogP contribution in [0, 0.1) is 12.7 Å². The molecular weight excluding hydrogens is 193 g/mol. The summed E-state index contributed by atoms with van der Waals surface area (Å²) in [7, 11) is 0. The van der Waals surface area contributed by atoms with Crippen molar-refractivity contribution in [1.82, 2.24) is 4.98 Å². The third-order valence-corrected chi connectivity index (χ3v) is 1.99. The van der Waals surface area contributed by atoms with Crippen molar-refractivity contribution < 1.29 is 9.13 Å². The van der Waals surface area contributed by atoms with Crippen LogP contribution < -0.4 is 4.74 Å². The molecule has 0 fully saturated rings. The maximum Gasteiger partial charge on any atom is 0.219 e. The van der Waals surface area contributed by atoms with E-state index in [0.29, 0.717) is 11.6 Å². The molecule has 15 heavy (non-hydrogen) atoms. The fraction of sp³-hybridized carbons (Fsp3) is 0.0833. The van der Waals surface area contributed by atoms with E-state index in [4.69, 9.17) is 4.74 Å². The fourth-order valence-electron chi connectivity index (χ4n) is 1.25. The highest BCUT2D eigenvalue weighted by Crippen LogP contribution is 2.23. The summed E-state index contributed by atoms with van der Waals surface area (Å²) in [6.45, 7) is 1.79. The molecule has 1 heterocycles. The summed E-state index contributed by atoms with van der Waals surface area (Å²) in [6, 6.07) is 9.79. The number of ether oxygens (including phenoxy) is 1. The van der Waals surface area contributed by atoms with Crippen LogP contribution in [0.1, 0.15) is 5.56 Å². The zero-order valence-corrected chi connectivity index (χ0v) is 8.27. The van der Waals surface area contributed by atoms with E-state index in [-0.39, 0.29) is 5.82 Å². The van der Waals surface area contributed by atoms with Gasteiger partial charge in [0.15, 0.2) is 0 Å². The van der Waals surface area contributed by atoms with Gasteiger partial charge in [0.2, 0.25) is 5.88 Å². The molecule has 0 bridgehead atoms. The Hall–Kier alpha value is -1.90. The largest absolute Gasteiger partial charge is 0.439 e. The van der Waals surface area contributed by atoms with Crippen LogP contribution in [0.4, 0.5) is 4.39 Å². The molecule has 0 aliphatic carbocycles. The van der Waals surface area contributed by atoms with Gasteiger partial charge >= 0.3 is 0 Å². The number of rotatable bonds is 2. The predicted molar refractivity (Wildman–Crippen MR) is 55.4 cm³/mol. The van der Waals surface area contributed by atoms with E-state index in [0.717, 1.165) is 5.56 Å². The van der Waals surface area contributed by atoms with Gasteiger partial charge in [-0.05, 0) is 36.8 Å². The molecule has 0 aliphatic heterocycles. The summed E-state index contributed by atoms with van der Waals surface area (Å²) in [6.07, 6.45) is 1.65. The van der Waals surface area contributed by atoms with Crippen LogP contribution >= 0.6 is 0 Å². The Labute approximate surface area is 87.4 Å². The van der Waals surface area contributed by atoms with Gasteiger partial charge in [-0.25, -0.2) is 9.37 Å². The molecular formula is C12H10FNO. The van der Waals surface area contributed by atoms with Crippen LogP contribution in [0.25, 0.3) is 0 Å². The van der Waals surface area contributed by atoms with Crippen LogP contribution in [-0.2, 0) is 0 Å². The average molecular weight is 203 g/mol. The van der Waals surface area contributed by atoms with Gasteiger partial charge in [-0.2, -0.15) is 0 Å². The fourth-order valence-corrected chi connectivity index (χ4v) is 1.25. The number of benzene rings is 1. The lowest BCUT2D eigenvalue weighted by atomic mass is 10.2. The summed E-state index contributed by atoms with van der Waals surface area (Å²) < 4.78 is 18.3. The van der Waals surface area contributed by atoms with Crippen LogP contribution in [0.15, 0.2) is 42.6 Å². The monoisotopic (exact) mass is 203 g/mol. The SMILES string of the molecule is Cc1cc(F)ccc1Oc1ccccn1. The number of aromatic nitrogens is 1. The Morgan fingerprint density at radius 3 is 2.73 bits per heavy atom. The first kappa shape index (κ1) is 9.65. The van der Waals surface area contributed by atoms with Gasteiger partial charge in [-0.15, -0.1) is 0 Å². The van der Waals surface area contributed by atoms with Crippen LogP contribution in [0.3, 0.4) is 0 Å². The molecule has 3 heteroatoms. The summed E-state index contributed by atoms with van der Waals surface area (Å²) >= 11 is 0. The first-order valence-corrected chi connectivity index (χ1v) is 4.61. The van der Waals surface area contributed by atoms with Gasteiger partial charge in [0, 0.05) is 12.3 Å². The summed E-state index contributed by atoms with van der Waals surface area (Å²) in [5.74, 6) is 0.864. The molecule has 1 aromatic heterocycles. The normalized spacial score (nSPS) is 10.0. The van der Waals surface area contributed by atoms with E-state index < -0.39 is 0 Å². The van der Waals surface area contributed by atoms with Gasteiger partial charge in [0.25, 0.3) is 0 Å². The molecule has 1 aromatic carbocycles. The molecule has 2 nitrogen and oxygen atoms in total. The second-order valence-corrected chi connectivity index (χ2v) is 3.18. The molecule has 0 atom stereocenters. The first-order valence-electron chi connectivity index (χ1n) is 4.61. The number of halogens is 1. The lowest BCUT2D eigenvalue weighted by Crippen LogP contribution is -1.90. The minimum absolute atomic E-state index is 0.263. The Morgan fingerprint density at radius 1 is 1.20 bits per heavy atom. The van der Waals surface area contributed by atoms with E-state index in [1.165, 1.54) is 12.1 Å². The molecule has 0 unspecified atom stereocenters. The zero-order chi connectivity index (χ0) is 10.7. The Bertz CT molecular complexity index is 456. The first-order chi connectivity index (χ1) is 7.25. The maximum atomic E-state index is 12.8. The number of hydrogen-bond acceptors (Lipinski definition) is 2. The van der Waals surface area contributed by atoms with E-state index in [9.17, 15) is 4.39 Å². The molecule has 0 spiro atoms. The van der Waals surface area contributed by atoms with Gasteiger partial charge in [0.05, 0.1) is 0 Å². The Balaban J connectivity index is 2.25. The quantitative estimate of drug-likeness (QED) is 0.746. The topological polar surface area (TPSA) is 22.1 Å². The minimum Gasteiger partial charge on any atom is -0.439 e. The second kappa shape index (κ2) is 4.09. The molecule has 0 N–H and O–H groups in total. The Kier molecular flexibility index (Phi) is 2.63. The van der Waals surface area contributed by atoms with Crippen molar-refractivity contribution in [2.45, 2.75) is 6.92 Å².